The van der Waals surface area contributed by atoms with Gasteiger partial charge in [0.05, 0.1) is 16.2 Å². The molecule has 2 aromatic rings. The van der Waals surface area contributed by atoms with Gasteiger partial charge in [-0.2, -0.15) is 5.26 Å². The van der Waals surface area contributed by atoms with E-state index in [1.54, 1.807) is 24.5 Å². The minimum absolute atomic E-state index is 0.0833. The number of nitrogens with one attached hydrogen (secondary N) is 1. The Balaban J connectivity index is 1.74. The van der Waals surface area contributed by atoms with Crippen molar-refractivity contribution in [1.82, 2.24) is 9.97 Å². The quantitative estimate of drug-likeness (QED) is 0.679. The molecule has 0 bridgehead atoms. The number of hydrogen-bond acceptors (Lipinski definition) is 7. The first-order valence-corrected chi connectivity index (χ1v) is 7.64. The first kappa shape index (κ1) is 15.7. The number of non-ortho nitro benzene ring substituents is 1. The topological polar surface area (TPSA) is 108 Å². The van der Waals surface area contributed by atoms with E-state index in [1.807, 2.05) is 6.07 Å². The fourth-order valence-electron chi connectivity index (χ4n) is 2.82. The van der Waals surface area contributed by atoms with Crippen LogP contribution in [0.5, 0.6) is 0 Å². The van der Waals surface area contributed by atoms with Gasteiger partial charge in [-0.15, -0.1) is 0 Å². The molecule has 0 radical (unpaired) electrons. The predicted molar refractivity (Wildman–Crippen MR) is 88.7 cm³/mol. The molecule has 8 nitrogen and oxygen atoms in total. The minimum Gasteiger partial charge on any atom is -0.379 e. The number of anilines is 2. The molecule has 24 heavy (non-hydrogen) atoms. The number of aromatic nitrogens is 2. The van der Waals surface area contributed by atoms with E-state index in [0.717, 1.165) is 19.4 Å². The number of hydrogen-bond donors (Lipinski definition) is 1. The van der Waals surface area contributed by atoms with Crippen LogP contribution >= 0.6 is 0 Å². The van der Waals surface area contributed by atoms with Gasteiger partial charge >= 0.3 is 0 Å². The van der Waals surface area contributed by atoms with Crippen LogP contribution in [-0.2, 0) is 0 Å². The van der Waals surface area contributed by atoms with Crippen molar-refractivity contribution in [3.8, 4) is 6.07 Å². The fraction of sp³-hybridized carbons (Fsp3) is 0.312. The van der Waals surface area contributed by atoms with Crippen molar-refractivity contribution in [2.45, 2.75) is 18.9 Å². The molecule has 1 aromatic carbocycles. The number of benzene rings is 1. The third-order valence-corrected chi connectivity index (χ3v) is 3.95. The Morgan fingerprint density at radius 2 is 2.17 bits per heavy atom. The second-order valence-corrected chi connectivity index (χ2v) is 5.58. The Morgan fingerprint density at radius 3 is 2.88 bits per heavy atom. The van der Waals surface area contributed by atoms with Gasteiger partial charge in [0.1, 0.15) is 6.07 Å². The lowest BCUT2D eigenvalue weighted by atomic mass is 10.0. The van der Waals surface area contributed by atoms with Gasteiger partial charge in [-0.1, -0.05) is 0 Å². The number of rotatable bonds is 4. The maximum atomic E-state index is 10.8. The van der Waals surface area contributed by atoms with E-state index in [9.17, 15) is 15.4 Å². The summed E-state index contributed by atoms with van der Waals surface area (Å²) in [5.41, 5.74) is 0.807. The maximum Gasteiger partial charge on any atom is 0.270 e. The first-order valence-electron chi connectivity index (χ1n) is 7.64. The van der Waals surface area contributed by atoms with Crippen molar-refractivity contribution in [2.24, 2.45) is 0 Å². The molecule has 2 heterocycles. The average molecular weight is 324 g/mol. The molecular formula is C16H16N6O2. The number of nitriles is 1. The van der Waals surface area contributed by atoms with Gasteiger partial charge in [-0.25, -0.2) is 9.97 Å². The van der Waals surface area contributed by atoms with Gasteiger partial charge in [0.2, 0.25) is 5.95 Å². The molecule has 1 atom stereocenters. The van der Waals surface area contributed by atoms with Crippen LogP contribution in [0.3, 0.4) is 0 Å². The molecule has 122 valence electrons. The van der Waals surface area contributed by atoms with Gasteiger partial charge in [0.15, 0.2) is 0 Å². The van der Waals surface area contributed by atoms with E-state index < -0.39 is 4.92 Å². The van der Waals surface area contributed by atoms with Gasteiger partial charge < -0.3 is 10.2 Å². The molecule has 0 unspecified atom stereocenters. The Bertz CT molecular complexity index is 774. The second kappa shape index (κ2) is 6.91. The molecule has 1 aliphatic rings. The summed E-state index contributed by atoms with van der Waals surface area (Å²) in [6.45, 7) is 1.60. The second-order valence-electron chi connectivity index (χ2n) is 5.58. The van der Waals surface area contributed by atoms with Crippen LogP contribution in [0.4, 0.5) is 17.3 Å². The molecule has 3 rings (SSSR count). The standard InChI is InChI=1S/C16H16N6O2/c17-10-12-9-14(22(23)24)4-5-15(12)20-13-3-1-8-21(11-13)16-18-6-2-7-19-16/h2,4-7,9,13,20H,1,3,8,11H2/t13-/m0/s1. The van der Waals surface area contributed by atoms with E-state index >= 15 is 0 Å². The van der Waals surface area contributed by atoms with Crippen LogP contribution in [-0.4, -0.2) is 34.0 Å². The highest BCUT2D eigenvalue weighted by molar-refractivity contribution is 5.62. The number of nitro groups is 1. The highest BCUT2D eigenvalue weighted by Crippen LogP contribution is 2.24. The lowest BCUT2D eigenvalue weighted by Crippen LogP contribution is -2.43. The Hall–Kier alpha value is -3.21. The molecule has 1 aliphatic heterocycles. The monoisotopic (exact) mass is 324 g/mol. The number of piperidine rings is 1. The predicted octanol–water partition coefficient (Wildman–Crippen LogP) is 2.34. The maximum absolute atomic E-state index is 10.8. The SMILES string of the molecule is N#Cc1cc([N+](=O)[O-])ccc1N[C@H]1CCCN(c2ncccn2)C1. The van der Waals surface area contributed by atoms with Crippen LogP contribution in [0.15, 0.2) is 36.7 Å². The van der Waals surface area contributed by atoms with Crippen LogP contribution in [0.25, 0.3) is 0 Å². The largest absolute Gasteiger partial charge is 0.379 e. The molecule has 8 heteroatoms. The molecule has 0 amide bonds. The lowest BCUT2D eigenvalue weighted by molar-refractivity contribution is -0.384. The summed E-state index contributed by atoms with van der Waals surface area (Å²) >= 11 is 0. The van der Waals surface area contributed by atoms with Gasteiger partial charge in [-0.05, 0) is 25.0 Å². The molecule has 1 saturated heterocycles. The summed E-state index contributed by atoms with van der Waals surface area (Å²) in [6.07, 6.45) is 5.35. The Labute approximate surface area is 138 Å². The number of nitrogens with zero attached hydrogens (tertiary/aromatic N) is 5. The lowest BCUT2D eigenvalue weighted by Gasteiger charge is -2.33. The summed E-state index contributed by atoms with van der Waals surface area (Å²) in [4.78, 5) is 21.0. The van der Waals surface area contributed by atoms with E-state index in [-0.39, 0.29) is 17.3 Å². The van der Waals surface area contributed by atoms with Gasteiger partial charge in [0, 0.05) is 43.7 Å². The highest BCUT2D eigenvalue weighted by Gasteiger charge is 2.22. The minimum atomic E-state index is -0.500. The third kappa shape index (κ3) is 3.41. The summed E-state index contributed by atoms with van der Waals surface area (Å²) in [5, 5.41) is 23.4. The normalized spacial score (nSPS) is 17.1. The highest BCUT2D eigenvalue weighted by atomic mass is 16.6. The smallest absolute Gasteiger partial charge is 0.270 e. The van der Waals surface area contributed by atoms with Gasteiger partial charge in [-0.3, -0.25) is 10.1 Å². The molecule has 1 N–H and O–H groups in total. The van der Waals surface area contributed by atoms with E-state index in [4.69, 9.17) is 0 Å². The molecule has 0 spiro atoms. The van der Waals surface area contributed by atoms with Crippen molar-refractivity contribution >= 4 is 17.3 Å². The Morgan fingerprint density at radius 1 is 1.38 bits per heavy atom. The third-order valence-electron chi connectivity index (χ3n) is 3.95. The number of nitro benzene ring substituents is 1. The van der Waals surface area contributed by atoms with Crippen LogP contribution in [0, 0.1) is 21.4 Å². The average Bonchev–Trinajstić information content (AvgIpc) is 2.63. The van der Waals surface area contributed by atoms with Crippen molar-refractivity contribution < 1.29 is 4.92 Å². The zero-order valence-electron chi connectivity index (χ0n) is 12.9. The molecule has 0 aliphatic carbocycles. The van der Waals surface area contributed by atoms with Crippen LogP contribution < -0.4 is 10.2 Å². The first-order chi connectivity index (χ1) is 11.7. The summed E-state index contributed by atoms with van der Waals surface area (Å²) < 4.78 is 0. The van der Waals surface area contributed by atoms with E-state index in [2.05, 4.69) is 20.2 Å². The fourth-order valence-corrected chi connectivity index (χ4v) is 2.82. The van der Waals surface area contributed by atoms with Crippen LogP contribution in [0.1, 0.15) is 18.4 Å². The zero-order chi connectivity index (χ0) is 16.9. The van der Waals surface area contributed by atoms with E-state index in [0.29, 0.717) is 18.2 Å². The summed E-state index contributed by atoms with van der Waals surface area (Å²) in [6, 6.07) is 8.21. The molecular weight excluding hydrogens is 308 g/mol. The molecule has 0 saturated carbocycles. The molecule has 1 fully saturated rings. The summed E-state index contributed by atoms with van der Waals surface area (Å²) in [7, 11) is 0. The zero-order valence-corrected chi connectivity index (χ0v) is 12.9. The Kier molecular flexibility index (Phi) is 4.52. The molecule has 1 aromatic heterocycles. The van der Waals surface area contributed by atoms with Gasteiger partial charge in [0.25, 0.3) is 5.69 Å². The van der Waals surface area contributed by atoms with Crippen molar-refractivity contribution in [2.75, 3.05) is 23.3 Å². The van der Waals surface area contributed by atoms with Crippen molar-refractivity contribution in [3.05, 3.63) is 52.3 Å². The van der Waals surface area contributed by atoms with Crippen molar-refractivity contribution in [1.29, 1.82) is 5.26 Å². The van der Waals surface area contributed by atoms with E-state index in [1.165, 1.54) is 12.1 Å². The summed E-state index contributed by atoms with van der Waals surface area (Å²) in [5.74, 6) is 0.688. The van der Waals surface area contributed by atoms with Crippen molar-refractivity contribution in [3.63, 3.8) is 0 Å². The van der Waals surface area contributed by atoms with Crippen LogP contribution in [0.2, 0.25) is 0 Å².